The van der Waals surface area contributed by atoms with Crippen molar-refractivity contribution in [2.24, 2.45) is 5.92 Å². The summed E-state index contributed by atoms with van der Waals surface area (Å²) in [5, 5.41) is 20.6. The standard InChI is InChI=1S/C12H18BNO3/c1-3-4-9(2)12(15)14-11-7-5-10(6-8-11)13(16)17/h5-9,16-17H,3-4H2,1-2H3,(H,14,15). The molecule has 0 aliphatic carbocycles. The van der Waals surface area contributed by atoms with E-state index in [2.05, 4.69) is 5.32 Å². The van der Waals surface area contributed by atoms with Gasteiger partial charge in [-0.2, -0.15) is 0 Å². The van der Waals surface area contributed by atoms with E-state index in [1.807, 2.05) is 13.8 Å². The summed E-state index contributed by atoms with van der Waals surface area (Å²) in [6, 6.07) is 6.46. The second-order valence-electron chi connectivity index (χ2n) is 4.17. The summed E-state index contributed by atoms with van der Waals surface area (Å²) in [6.07, 6.45) is 1.84. The normalized spacial score (nSPS) is 12.0. The van der Waals surface area contributed by atoms with E-state index in [9.17, 15) is 4.79 Å². The van der Waals surface area contributed by atoms with Crippen molar-refractivity contribution >= 4 is 24.2 Å². The fourth-order valence-electron chi connectivity index (χ4n) is 1.57. The van der Waals surface area contributed by atoms with Crippen molar-refractivity contribution in [2.45, 2.75) is 26.7 Å². The largest absolute Gasteiger partial charge is 0.488 e. The molecule has 1 amide bonds. The van der Waals surface area contributed by atoms with Gasteiger partial charge in [-0.3, -0.25) is 4.79 Å². The lowest BCUT2D eigenvalue weighted by molar-refractivity contribution is -0.119. The average Bonchev–Trinajstić information content (AvgIpc) is 2.30. The first-order valence-electron chi connectivity index (χ1n) is 5.81. The highest BCUT2D eigenvalue weighted by molar-refractivity contribution is 6.58. The predicted molar refractivity (Wildman–Crippen MR) is 69.0 cm³/mol. The van der Waals surface area contributed by atoms with E-state index >= 15 is 0 Å². The zero-order valence-corrected chi connectivity index (χ0v) is 10.2. The fraction of sp³-hybridized carbons (Fsp3) is 0.417. The van der Waals surface area contributed by atoms with Gasteiger partial charge in [0, 0.05) is 11.6 Å². The van der Waals surface area contributed by atoms with Gasteiger partial charge in [0.05, 0.1) is 0 Å². The van der Waals surface area contributed by atoms with Crippen LogP contribution in [0.4, 0.5) is 5.69 Å². The number of anilines is 1. The quantitative estimate of drug-likeness (QED) is 0.659. The zero-order valence-electron chi connectivity index (χ0n) is 10.2. The van der Waals surface area contributed by atoms with Gasteiger partial charge in [0.15, 0.2) is 0 Å². The minimum absolute atomic E-state index is 0.0100. The van der Waals surface area contributed by atoms with Crippen LogP contribution in [-0.4, -0.2) is 23.1 Å². The number of rotatable bonds is 5. The first-order chi connectivity index (χ1) is 8.04. The van der Waals surface area contributed by atoms with E-state index in [0.29, 0.717) is 11.2 Å². The lowest BCUT2D eigenvalue weighted by atomic mass is 9.80. The van der Waals surface area contributed by atoms with Crippen LogP contribution in [0.25, 0.3) is 0 Å². The second-order valence-corrected chi connectivity index (χ2v) is 4.17. The first kappa shape index (κ1) is 13.7. The molecule has 1 aromatic carbocycles. The summed E-state index contributed by atoms with van der Waals surface area (Å²) >= 11 is 0. The van der Waals surface area contributed by atoms with Crippen LogP contribution in [0.5, 0.6) is 0 Å². The smallest absolute Gasteiger partial charge is 0.423 e. The molecule has 0 heterocycles. The van der Waals surface area contributed by atoms with Gasteiger partial charge in [0.25, 0.3) is 0 Å². The van der Waals surface area contributed by atoms with Gasteiger partial charge in [-0.1, -0.05) is 32.4 Å². The van der Waals surface area contributed by atoms with Gasteiger partial charge in [-0.05, 0) is 24.0 Å². The number of hydrogen-bond donors (Lipinski definition) is 3. The van der Waals surface area contributed by atoms with Crippen LogP contribution in [0.15, 0.2) is 24.3 Å². The topological polar surface area (TPSA) is 69.6 Å². The van der Waals surface area contributed by atoms with Crippen LogP contribution in [0.2, 0.25) is 0 Å². The maximum absolute atomic E-state index is 11.7. The maximum Gasteiger partial charge on any atom is 0.488 e. The van der Waals surface area contributed by atoms with Crippen molar-refractivity contribution in [3.8, 4) is 0 Å². The third-order valence-electron chi connectivity index (χ3n) is 2.65. The van der Waals surface area contributed by atoms with Crippen molar-refractivity contribution in [1.82, 2.24) is 0 Å². The number of benzene rings is 1. The Kier molecular flexibility index (Phi) is 5.19. The number of amides is 1. The molecule has 0 spiro atoms. The molecule has 1 rings (SSSR count). The summed E-state index contributed by atoms with van der Waals surface area (Å²) in [5.74, 6) is -0.0211. The van der Waals surface area contributed by atoms with Crippen LogP contribution in [0.1, 0.15) is 26.7 Å². The van der Waals surface area contributed by atoms with E-state index in [4.69, 9.17) is 10.0 Å². The highest BCUT2D eigenvalue weighted by Gasteiger charge is 2.13. The number of hydrogen-bond acceptors (Lipinski definition) is 3. The van der Waals surface area contributed by atoms with Crippen molar-refractivity contribution in [3.63, 3.8) is 0 Å². The van der Waals surface area contributed by atoms with Gasteiger partial charge in [0.1, 0.15) is 0 Å². The van der Waals surface area contributed by atoms with Crippen molar-refractivity contribution in [3.05, 3.63) is 24.3 Å². The molecule has 0 bridgehead atoms. The molecular weight excluding hydrogens is 217 g/mol. The van der Waals surface area contributed by atoms with E-state index in [0.717, 1.165) is 12.8 Å². The van der Waals surface area contributed by atoms with Gasteiger partial charge in [0.2, 0.25) is 5.91 Å². The van der Waals surface area contributed by atoms with E-state index in [1.54, 1.807) is 24.3 Å². The summed E-state index contributed by atoms with van der Waals surface area (Å²) in [6.45, 7) is 3.94. The Morgan fingerprint density at radius 1 is 1.35 bits per heavy atom. The monoisotopic (exact) mass is 235 g/mol. The molecule has 0 saturated heterocycles. The molecule has 0 aromatic heterocycles. The van der Waals surface area contributed by atoms with Crippen molar-refractivity contribution in [1.29, 1.82) is 0 Å². The fourth-order valence-corrected chi connectivity index (χ4v) is 1.57. The highest BCUT2D eigenvalue weighted by Crippen LogP contribution is 2.10. The Hall–Kier alpha value is -1.33. The van der Waals surface area contributed by atoms with Crippen LogP contribution >= 0.6 is 0 Å². The Bertz CT molecular complexity index is 365. The molecular formula is C12H18BNO3. The van der Waals surface area contributed by atoms with Gasteiger partial charge >= 0.3 is 7.12 Å². The molecule has 5 heteroatoms. The molecule has 1 aromatic rings. The molecule has 1 atom stereocenters. The van der Waals surface area contributed by atoms with Crippen LogP contribution in [0.3, 0.4) is 0 Å². The van der Waals surface area contributed by atoms with Crippen molar-refractivity contribution in [2.75, 3.05) is 5.32 Å². The Labute approximate surface area is 102 Å². The van der Waals surface area contributed by atoms with Crippen LogP contribution in [-0.2, 0) is 4.79 Å². The molecule has 3 N–H and O–H groups in total. The number of nitrogens with one attached hydrogen (secondary N) is 1. The summed E-state index contributed by atoms with van der Waals surface area (Å²) in [4.78, 5) is 11.7. The lowest BCUT2D eigenvalue weighted by Gasteiger charge is -2.11. The average molecular weight is 235 g/mol. The second kappa shape index (κ2) is 6.42. The van der Waals surface area contributed by atoms with Gasteiger partial charge < -0.3 is 15.4 Å². The van der Waals surface area contributed by atoms with E-state index < -0.39 is 7.12 Å². The molecule has 92 valence electrons. The van der Waals surface area contributed by atoms with Crippen molar-refractivity contribution < 1.29 is 14.8 Å². The van der Waals surface area contributed by atoms with Gasteiger partial charge in [-0.25, -0.2) is 0 Å². The summed E-state index contributed by atoms with van der Waals surface area (Å²) < 4.78 is 0. The molecule has 0 radical (unpaired) electrons. The highest BCUT2D eigenvalue weighted by atomic mass is 16.4. The molecule has 4 nitrogen and oxygen atoms in total. The first-order valence-corrected chi connectivity index (χ1v) is 5.81. The molecule has 0 aliphatic rings. The predicted octanol–water partition coefficient (Wildman–Crippen LogP) is 0.741. The summed E-state index contributed by atoms with van der Waals surface area (Å²) in [7, 11) is -1.47. The minimum atomic E-state index is -1.47. The molecule has 0 fully saturated rings. The maximum atomic E-state index is 11.7. The SMILES string of the molecule is CCCC(C)C(=O)Nc1ccc(B(O)O)cc1. The lowest BCUT2D eigenvalue weighted by Crippen LogP contribution is -2.29. The Morgan fingerprint density at radius 2 is 1.94 bits per heavy atom. The number of carbonyl (C=O) groups is 1. The zero-order chi connectivity index (χ0) is 12.8. The van der Waals surface area contributed by atoms with E-state index in [-0.39, 0.29) is 11.8 Å². The van der Waals surface area contributed by atoms with Gasteiger partial charge in [-0.15, -0.1) is 0 Å². The Balaban J connectivity index is 2.60. The third kappa shape index (κ3) is 4.21. The number of carbonyl (C=O) groups excluding carboxylic acids is 1. The molecule has 0 aliphatic heterocycles. The summed E-state index contributed by atoms with van der Waals surface area (Å²) in [5.41, 5.74) is 1.08. The molecule has 1 unspecified atom stereocenters. The van der Waals surface area contributed by atoms with Crippen LogP contribution < -0.4 is 10.8 Å². The Morgan fingerprint density at radius 3 is 2.41 bits per heavy atom. The third-order valence-corrected chi connectivity index (χ3v) is 2.65. The molecule has 17 heavy (non-hydrogen) atoms. The molecule has 0 saturated carbocycles. The van der Waals surface area contributed by atoms with E-state index in [1.165, 1.54) is 0 Å². The minimum Gasteiger partial charge on any atom is -0.423 e. The van der Waals surface area contributed by atoms with Crippen LogP contribution in [0, 0.1) is 5.92 Å².